The lowest BCUT2D eigenvalue weighted by Crippen LogP contribution is -1.98. The Hall–Kier alpha value is -2.69. The summed E-state index contributed by atoms with van der Waals surface area (Å²) in [6, 6.07) is 3.13. The highest BCUT2D eigenvalue weighted by Crippen LogP contribution is 2.38. The summed E-state index contributed by atoms with van der Waals surface area (Å²) in [6.07, 6.45) is 6.56. The Morgan fingerprint density at radius 1 is 1.04 bits per heavy atom. The van der Waals surface area contributed by atoms with Crippen molar-refractivity contribution in [3.05, 3.63) is 51.4 Å². The first-order valence-electron chi connectivity index (χ1n) is 7.79. The molecular formula is C19H22O5. The van der Waals surface area contributed by atoms with Gasteiger partial charge in [-0.25, -0.2) is 4.79 Å². The molecule has 5 heteroatoms. The second kappa shape index (κ2) is 7.25. The molecule has 0 aliphatic carbocycles. The summed E-state index contributed by atoms with van der Waals surface area (Å²) in [4.78, 5) is 11.3. The monoisotopic (exact) mass is 330 g/mol. The molecule has 0 saturated heterocycles. The normalized spacial score (nSPS) is 11.7. The van der Waals surface area contributed by atoms with E-state index in [1.54, 1.807) is 6.07 Å². The van der Waals surface area contributed by atoms with Gasteiger partial charge in [0.1, 0.15) is 16.7 Å². The molecule has 0 aliphatic rings. The van der Waals surface area contributed by atoms with Gasteiger partial charge in [-0.3, -0.25) is 0 Å². The van der Waals surface area contributed by atoms with E-state index in [9.17, 15) is 20.1 Å². The Kier molecular flexibility index (Phi) is 5.34. The molecule has 0 aliphatic heterocycles. The van der Waals surface area contributed by atoms with Crippen LogP contribution in [0.5, 0.6) is 17.2 Å². The minimum atomic E-state index is -1.04. The van der Waals surface area contributed by atoms with E-state index in [0.717, 1.165) is 12.8 Å². The van der Waals surface area contributed by atoms with Crippen molar-refractivity contribution in [2.45, 2.75) is 40.0 Å². The molecule has 0 fully saturated rings. The van der Waals surface area contributed by atoms with Crippen LogP contribution in [0, 0.1) is 0 Å². The zero-order valence-electron chi connectivity index (χ0n) is 14.1. The second-order valence-corrected chi connectivity index (χ2v) is 6.11. The van der Waals surface area contributed by atoms with E-state index in [0.29, 0.717) is 12.0 Å². The van der Waals surface area contributed by atoms with Crippen LogP contribution in [0.15, 0.2) is 44.6 Å². The average molecular weight is 330 g/mol. The van der Waals surface area contributed by atoms with Crippen molar-refractivity contribution >= 4 is 11.0 Å². The van der Waals surface area contributed by atoms with Crippen LogP contribution in [0.25, 0.3) is 11.0 Å². The van der Waals surface area contributed by atoms with Gasteiger partial charge in [0.25, 0.3) is 0 Å². The van der Waals surface area contributed by atoms with Crippen molar-refractivity contribution in [3.63, 3.8) is 0 Å². The third-order valence-electron chi connectivity index (χ3n) is 3.84. The second-order valence-electron chi connectivity index (χ2n) is 6.11. The fourth-order valence-corrected chi connectivity index (χ4v) is 2.43. The quantitative estimate of drug-likeness (QED) is 0.566. The molecule has 128 valence electrons. The van der Waals surface area contributed by atoms with Crippen LogP contribution in [0.4, 0.5) is 0 Å². The Balaban J connectivity index is 2.29. The Morgan fingerprint density at radius 2 is 1.75 bits per heavy atom. The highest BCUT2D eigenvalue weighted by atomic mass is 16.4. The fourth-order valence-electron chi connectivity index (χ4n) is 2.43. The van der Waals surface area contributed by atoms with E-state index >= 15 is 0 Å². The third-order valence-corrected chi connectivity index (χ3v) is 3.84. The highest BCUT2D eigenvalue weighted by Gasteiger charge is 2.17. The molecule has 2 rings (SSSR count). The largest absolute Gasteiger partial charge is 0.507 e. The minimum absolute atomic E-state index is 0.0285. The van der Waals surface area contributed by atoms with E-state index < -0.39 is 17.1 Å². The van der Waals surface area contributed by atoms with Gasteiger partial charge in [0.15, 0.2) is 5.75 Å². The van der Waals surface area contributed by atoms with E-state index in [1.807, 2.05) is 13.0 Å². The first-order valence-corrected chi connectivity index (χ1v) is 7.79. The number of allylic oxidation sites excluding steroid dienone is 4. The Labute approximate surface area is 140 Å². The van der Waals surface area contributed by atoms with Crippen LogP contribution < -0.4 is 5.63 Å². The predicted molar refractivity (Wildman–Crippen MR) is 93.6 cm³/mol. The Bertz CT molecular complexity index is 867. The van der Waals surface area contributed by atoms with Crippen LogP contribution in [0.1, 0.15) is 39.2 Å². The Morgan fingerprint density at radius 3 is 2.42 bits per heavy atom. The van der Waals surface area contributed by atoms with Gasteiger partial charge in [-0.2, -0.15) is 0 Å². The van der Waals surface area contributed by atoms with Gasteiger partial charge in [-0.15, -0.1) is 0 Å². The number of phenolic OH excluding ortho intramolecular Hbond substituents is 1. The SMILES string of the molecule is CC(C)=CCC/C(C)=C/Cc1ccc2oc(=O)c(O)c(O)c2c1O. The maximum absolute atomic E-state index is 11.3. The predicted octanol–water partition coefficient (Wildman–Crippen LogP) is 4.15. The van der Waals surface area contributed by atoms with Crippen LogP contribution >= 0.6 is 0 Å². The number of fused-ring (bicyclic) bond motifs is 1. The van der Waals surface area contributed by atoms with Crippen LogP contribution in [-0.4, -0.2) is 15.3 Å². The molecule has 0 amide bonds. The summed E-state index contributed by atoms with van der Waals surface area (Å²) in [7, 11) is 0. The highest BCUT2D eigenvalue weighted by molar-refractivity contribution is 5.91. The van der Waals surface area contributed by atoms with Crippen molar-refractivity contribution < 1.29 is 19.7 Å². The van der Waals surface area contributed by atoms with Gasteiger partial charge in [-0.1, -0.05) is 29.4 Å². The molecule has 1 heterocycles. The number of benzene rings is 1. The topological polar surface area (TPSA) is 90.9 Å². The maximum Gasteiger partial charge on any atom is 0.382 e. The number of hydrogen-bond donors (Lipinski definition) is 3. The summed E-state index contributed by atoms with van der Waals surface area (Å²) in [5, 5.41) is 29.7. The molecular weight excluding hydrogens is 308 g/mol. The molecule has 5 nitrogen and oxygen atoms in total. The van der Waals surface area contributed by atoms with E-state index in [1.165, 1.54) is 17.2 Å². The molecule has 0 spiro atoms. The molecule has 0 unspecified atom stereocenters. The number of rotatable bonds is 5. The lowest BCUT2D eigenvalue weighted by Gasteiger charge is -2.08. The minimum Gasteiger partial charge on any atom is -0.507 e. The van der Waals surface area contributed by atoms with Crippen molar-refractivity contribution in [1.82, 2.24) is 0 Å². The number of hydrogen-bond acceptors (Lipinski definition) is 5. The van der Waals surface area contributed by atoms with Gasteiger partial charge in [-0.05, 0) is 51.7 Å². The standard InChI is InChI=1S/C19H22O5/c1-11(2)5-4-6-12(3)7-8-13-9-10-14-15(16(13)20)17(21)18(22)19(23)24-14/h5,7,9-10,20-22H,4,6,8H2,1-3H3/b12-7+. The van der Waals surface area contributed by atoms with E-state index in [-0.39, 0.29) is 16.7 Å². The zero-order chi connectivity index (χ0) is 17.9. The van der Waals surface area contributed by atoms with Crippen LogP contribution in [0.3, 0.4) is 0 Å². The molecule has 24 heavy (non-hydrogen) atoms. The van der Waals surface area contributed by atoms with Gasteiger partial charge >= 0.3 is 5.63 Å². The first-order chi connectivity index (χ1) is 11.3. The molecule has 0 atom stereocenters. The first kappa shape index (κ1) is 17.7. The van der Waals surface area contributed by atoms with Crippen LogP contribution in [0.2, 0.25) is 0 Å². The summed E-state index contributed by atoms with van der Waals surface area (Å²) in [6.45, 7) is 6.15. The summed E-state index contributed by atoms with van der Waals surface area (Å²) in [5.74, 6) is -1.76. The van der Waals surface area contributed by atoms with Gasteiger partial charge in [0, 0.05) is 0 Å². The lowest BCUT2D eigenvalue weighted by atomic mass is 10.0. The van der Waals surface area contributed by atoms with E-state index in [4.69, 9.17) is 4.42 Å². The van der Waals surface area contributed by atoms with Crippen LogP contribution in [-0.2, 0) is 6.42 Å². The van der Waals surface area contributed by atoms with Gasteiger partial charge in [0.05, 0.1) is 0 Å². The molecule has 0 bridgehead atoms. The summed E-state index contributed by atoms with van der Waals surface area (Å²) >= 11 is 0. The lowest BCUT2D eigenvalue weighted by molar-refractivity contribution is 0.375. The third kappa shape index (κ3) is 3.79. The maximum atomic E-state index is 11.3. The summed E-state index contributed by atoms with van der Waals surface area (Å²) < 4.78 is 4.86. The number of phenols is 1. The van der Waals surface area contributed by atoms with Gasteiger partial charge < -0.3 is 19.7 Å². The fraction of sp³-hybridized carbons (Fsp3) is 0.316. The molecule has 1 aromatic carbocycles. The van der Waals surface area contributed by atoms with Gasteiger partial charge in [0.2, 0.25) is 5.75 Å². The molecule has 2 aromatic rings. The molecule has 3 N–H and O–H groups in total. The van der Waals surface area contributed by atoms with Crippen molar-refractivity contribution in [3.8, 4) is 17.2 Å². The van der Waals surface area contributed by atoms with Crippen molar-refractivity contribution in [2.24, 2.45) is 0 Å². The smallest absolute Gasteiger partial charge is 0.382 e. The average Bonchev–Trinajstić information content (AvgIpc) is 2.51. The molecule has 0 saturated carbocycles. The summed E-state index contributed by atoms with van der Waals surface area (Å²) in [5.41, 5.74) is 2.04. The van der Waals surface area contributed by atoms with E-state index in [2.05, 4.69) is 19.9 Å². The number of aromatic hydroxyl groups is 3. The zero-order valence-corrected chi connectivity index (χ0v) is 14.1. The van der Waals surface area contributed by atoms with Crippen molar-refractivity contribution in [2.75, 3.05) is 0 Å². The molecule has 1 aromatic heterocycles. The van der Waals surface area contributed by atoms with Crippen molar-refractivity contribution in [1.29, 1.82) is 0 Å². The molecule has 0 radical (unpaired) electrons.